The van der Waals surface area contributed by atoms with Crippen LogP contribution in [0.5, 0.6) is 5.75 Å². The molecule has 0 amide bonds. The monoisotopic (exact) mass is 1000 g/mol. The van der Waals surface area contributed by atoms with Crippen LogP contribution >= 0.6 is 0 Å². The van der Waals surface area contributed by atoms with Crippen molar-refractivity contribution in [3.05, 3.63) is 167 Å². The normalized spacial score (nSPS) is 14.0. The van der Waals surface area contributed by atoms with Gasteiger partial charge in [-0.05, 0) is 100 Å². The molecule has 0 saturated heterocycles. The predicted molar refractivity (Wildman–Crippen MR) is 257 cm³/mol. The first-order valence-corrected chi connectivity index (χ1v) is 20.9. The number of benzene rings is 6. The predicted octanol–water partition coefficient (Wildman–Crippen LogP) is 15.1. The molecule has 2 aromatic heterocycles. The van der Waals surface area contributed by atoms with Crippen molar-refractivity contribution in [2.75, 3.05) is 0 Å². The molecule has 0 aliphatic rings. The van der Waals surface area contributed by atoms with Crippen molar-refractivity contribution in [3.8, 4) is 67.5 Å². The Labute approximate surface area is 393 Å². The molecule has 0 unspecified atom stereocenters. The molecule has 318 valence electrons. The van der Waals surface area contributed by atoms with Gasteiger partial charge in [-0.3, -0.25) is 9.55 Å². The van der Waals surface area contributed by atoms with E-state index in [9.17, 15) is 5.11 Å². The van der Waals surface area contributed by atoms with E-state index in [4.69, 9.17) is 19.6 Å². The number of aromatic hydroxyl groups is 1. The summed E-state index contributed by atoms with van der Waals surface area (Å²) in [6, 6.07) is 34.5. The number of fused-ring (bicyclic) bond motifs is 1. The topological polar surface area (TPSA) is 50.9 Å². The van der Waals surface area contributed by atoms with E-state index in [1.807, 2.05) is 44.2 Å². The molecule has 5 heteroatoms. The summed E-state index contributed by atoms with van der Waals surface area (Å²) in [5, 5.41) is 11.9. The van der Waals surface area contributed by atoms with Gasteiger partial charge in [0.1, 0.15) is 11.6 Å². The van der Waals surface area contributed by atoms with Gasteiger partial charge in [0, 0.05) is 42.6 Å². The molecule has 1 N–H and O–H groups in total. The molecule has 4 nitrogen and oxygen atoms in total. The number of rotatable bonds is 6. The number of aryl methyl sites for hydroxylation is 2. The van der Waals surface area contributed by atoms with Gasteiger partial charge in [0.05, 0.1) is 27.8 Å². The van der Waals surface area contributed by atoms with Crippen molar-refractivity contribution in [2.45, 2.75) is 99.3 Å². The van der Waals surface area contributed by atoms with E-state index in [0.29, 0.717) is 33.7 Å². The van der Waals surface area contributed by atoms with Gasteiger partial charge in [0.15, 0.2) is 0 Å². The Kier molecular flexibility index (Phi) is 9.64. The Hall–Kier alpha value is -5.57. The Morgan fingerprint density at radius 1 is 0.613 bits per heavy atom. The number of aromatic nitrogens is 3. The van der Waals surface area contributed by atoms with Crippen molar-refractivity contribution in [3.63, 3.8) is 0 Å². The van der Waals surface area contributed by atoms with E-state index in [2.05, 4.69) is 128 Å². The summed E-state index contributed by atoms with van der Waals surface area (Å²) in [6.45, 7) is 20.8. The zero-order valence-electron chi connectivity index (χ0n) is 44.4. The van der Waals surface area contributed by atoms with Crippen LogP contribution < -0.4 is 0 Å². The van der Waals surface area contributed by atoms with Crippen LogP contribution in [-0.4, -0.2) is 19.6 Å². The zero-order valence-corrected chi connectivity index (χ0v) is 39.7. The summed E-state index contributed by atoms with van der Waals surface area (Å²) < 4.78 is 60.7. The number of hydrogen-bond donors (Lipinski definition) is 1. The fourth-order valence-electron chi connectivity index (χ4n) is 7.92. The van der Waals surface area contributed by atoms with Crippen molar-refractivity contribution < 1.29 is 35.8 Å². The van der Waals surface area contributed by atoms with Crippen LogP contribution in [0.15, 0.2) is 127 Å². The molecule has 0 atom stereocenters. The van der Waals surface area contributed by atoms with E-state index >= 15 is 0 Å². The molecule has 0 bridgehead atoms. The third kappa shape index (κ3) is 8.73. The minimum Gasteiger partial charge on any atom is -0.507 e. The van der Waals surface area contributed by atoms with E-state index in [1.165, 1.54) is 5.56 Å². The average molecular weight is 1000 g/mol. The maximum atomic E-state index is 11.9. The molecule has 0 aliphatic heterocycles. The molecule has 6 aromatic carbocycles. The molecular formula is C57H58N3OPt-. The summed E-state index contributed by atoms with van der Waals surface area (Å²) in [4.78, 5) is 10.3. The molecule has 0 saturated carbocycles. The minimum absolute atomic E-state index is 0. The maximum absolute atomic E-state index is 11.9. The van der Waals surface area contributed by atoms with Crippen LogP contribution in [0.4, 0.5) is 0 Å². The Balaban J connectivity index is 0.00000703. The van der Waals surface area contributed by atoms with Crippen LogP contribution in [0.25, 0.3) is 72.7 Å². The van der Waals surface area contributed by atoms with Gasteiger partial charge < -0.3 is 5.11 Å². The van der Waals surface area contributed by atoms with Crippen molar-refractivity contribution in [2.24, 2.45) is 0 Å². The molecule has 0 spiro atoms. The summed E-state index contributed by atoms with van der Waals surface area (Å²) in [6.07, 6.45) is 1.55. The number of phenolic OH excluding ortho intramolecular Hbond substituents is 1. The number of para-hydroxylation sites is 1. The van der Waals surface area contributed by atoms with Crippen LogP contribution in [0.1, 0.15) is 105 Å². The van der Waals surface area contributed by atoms with Gasteiger partial charge in [0.25, 0.3) is 0 Å². The maximum Gasteiger partial charge on any atom is 0.148 e. The van der Waals surface area contributed by atoms with E-state index in [-0.39, 0.29) is 48.6 Å². The second-order valence-electron chi connectivity index (χ2n) is 19.4. The van der Waals surface area contributed by atoms with E-state index in [0.717, 1.165) is 55.7 Å². The number of phenols is 1. The molecule has 8 rings (SSSR count). The SMILES string of the molecule is [2H]c1c([2H])c(C([2H])([2H])[2H])c([2H])c([2H])c1-c1ccnc(-c2[c-]c(-c3cccc4c3nc(-c3cc(C)cc(C)c3O)n4-c3cc(C(C)(C)C)ccc3-c3ccc(C(C)(C)C)cc3)cc(C(C)(C)C)c2)c1.[Pt]. The standard InChI is InChI=1S/C57H58N3O.Pt/c1-35-16-18-38(19-17-35)40-26-27-58-49(33-40)42-30-41(31-45(32-42)57(10,11)12)47-14-13-15-50-52(47)59-54(48-29-36(2)28-37(3)53(48)61)60(50)51-34-44(56(7,8)9)24-25-46(51)39-20-22-43(23-21-39)55(4,5)6;/h13-29,31-34,61H,1-12H3;/q-1;/i1D3,16D,17D,18D,19D;. The number of imidazole rings is 1. The zero-order chi connectivity index (χ0) is 49.6. The fourth-order valence-corrected chi connectivity index (χ4v) is 7.92. The summed E-state index contributed by atoms with van der Waals surface area (Å²) in [5.74, 6) is 0.738. The van der Waals surface area contributed by atoms with Gasteiger partial charge in [-0.2, -0.15) is 0 Å². The molecular weight excluding hydrogens is 938 g/mol. The smallest absolute Gasteiger partial charge is 0.148 e. The van der Waals surface area contributed by atoms with E-state index in [1.54, 1.807) is 18.3 Å². The Morgan fingerprint density at radius 3 is 1.94 bits per heavy atom. The summed E-state index contributed by atoms with van der Waals surface area (Å²) in [7, 11) is 0. The fraction of sp³-hybridized carbons (Fsp3) is 0.263. The summed E-state index contributed by atoms with van der Waals surface area (Å²) >= 11 is 0. The van der Waals surface area contributed by atoms with Crippen molar-refractivity contribution in [1.29, 1.82) is 0 Å². The summed E-state index contributed by atoms with van der Waals surface area (Å²) in [5.41, 5.74) is 12.1. The molecule has 0 radical (unpaired) electrons. The molecule has 2 heterocycles. The molecule has 8 aromatic rings. The molecule has 62 heavy (non-hydrogen) atoms. The Bertz CT molecular complexity index is 3270. The van der Waals surface area contributed by atoms with Gasteiger partial charge in [0.2, 0.25) is 0 Å². The van der Waals surface area contributed by atoms with Crippen LogP contribution in [0.3, 0.4) is 0 Å². The third-order valence-corrected chi connectivity index (χ3v) is 11.5. The van der Waals surface area contributed by atoms with E-state index < -0.39 is 36.6 Å². The van der Waals surface area contributed by atoms with Crippen molar-refractivity contribution in [1.82, 2.24) is 14.5 Å². The quantitative estimate of drug-likeness (QED) is 0.169. The number of pyridine rings is 1. The number of nitrogens with zero attached hydrogens (tertiary/aromatic N) is 3. The Morgan fingerprint density at radius 2 is 1.27 bits per heavy atom. The van der Waals surface area contributed by atoms with Gasteiger partial charge in [-0.1, -0.05) is 164 Å². The third-order valence-electron chi connectivity index (χ3n) is 11.5. The molecule has 0 aliphatic carbocycles. The van der Waals surface area contributed by atoms with Gasteiger partial charge in [-0.25, -0.2) is 4.98 Å². The first kappa shape index (κ1) is 36.0. The first-order valence-electron chi connectivity index (χ1n) is 24.4. The van der Waals surface area contributed by atoms with Gasteiger partial charge >= 0.3 is 0 Å². The average Bonchev–Trinajstić information content (AvgIpc) is 3.65. The second-order valence-corrected chi connectivity index (χ2v) is 19.4. The van der Waals surface area contributed by atoms with Crippen molar-refractivity contribution >= 4 is 11.0 Å². The largest absolute Gasteiger partial charge is 0.507 e. The first-order chi connectivity index (χ1) is 31.6. The second kappa shape index (κ2) is 16.6. The van der Waals surface area contributed by atoms with Crippen LogP contribution in [-0.2, 0) is 37.3 Å². The minimum atomic E-state index is -2.82. The van der Waals surface area contributed by atoms with Gasteiger partial charge in [-0.15, -0.1) is 29.3 Å². The molecule has 0 fully saturated rings. The number of hydrogen-bond acceptors (Lipinski definition) is 3. The van der Waals surface area contributed by atoms with Crippen LogP contribution in [0.2, 0.25) is 0 Å². The van der Waals surface area contributed by atoms with Crippen LogP contribution in [0, 0.1) is 26.8 Å².